The maximum atomic E-state index is 15.1. The van der Waals surface area contributed by atoms with Crippen LogP contribution in [0.4, 0.5) is 8.78 Å². The summed E-state index contributed by atoms with van der Waals surface area (Å²) in [5.74, 6) is -3.14. The van der Waals surface area contributed by atoms with E-state index in [2.05, 4.69) is 4.98 Å². The molecule has 0 unspecified atom stereocenters. The molecule has 0 amide bonds. The molecule has 1 N–H and O–H groups in total. The summed E-state index contributed by atoms with van der Waals surface area (Å²) in [6, 6.07) is 0.848. The average Bonchev–Trinajstić information content (AvgIpc) is 3.28. The first-order valence-corrected chi connectivity index (χ1v) is 7.72. The van der Waals surface area contributed by atoms with Crippen molar-refractivity contribution < 1.29 is 18.7 Å². The minimum atomic E-state index is -1.41. The first kappa shape index (κ1) is 15.5. The van der Waals surface area contributed by atoms with Crippen LogP contribution in [0.25, 0.3) is 10.9 Å². The SMILES string of the molecule is O=C(O)c1cn(C2CC2)c2c(F)c(Cn3ccnc3)c(F)cc2c1=O. The topological polar surface area (TPSA) is 77.1 Å². The van der Waals surface area contributed by atoms with E-state index in [1.807, 2.05) is 0 Å². The Morgan fingerprint density at radius 2 is 2.12 bits per heavy atom. The van der Waals surface area contributed by atoms with Gasteiger partial charge in [0.1, 0.15) is 11.4 Å². The standard InChI is InChI=1S/C17H13F2N3O3/c18-13-5-10-15(14(19)11(13)6-21-4-3-20-8-21)22(9-1-2-9)7-12(16(10)23)17(24)25/h3-5,7-9H,1-2,6H2,(H,24,25). The zero-order valence-electron chi connectivity index (χ0n) is 12.9. The number of pyridine rings is 1. The summed E-state index contributed by atoms with van der Waals surface area (Å²) >= 11 is 0. The molecule has 0 aliphatic heterocycles. The fraction of sp³-hybridized carbons (Fsp3) is 0.235. The Morgan fingerprint density at radius 1 is 1.36 bits per heavy atom. The largest absolute Gasteiger partial charge is 0.477 e. The van der Waals surface area contributed by atoms with Crippen LogP contribution < -0.4 is 5.43 Å². The van der Waals surface area contributed by atoms with E-state index in [0.29, 0.717) is 0 Å². The third-order valence-corrected chi connectivity index (χ3v) is 4.37. The Hall–Kier alpha value is -3.03. The van der Waals surface area contributed by atoms with Crippen LogP contribution in [0.1, 0.15) is 34.8 Å². The van der Waals surface area contributed by atoms with Crippen molar-refractivity contribution in [3.05, 3.63) is 64.0 Å². The molecule has 1 fully saturated rings. The molecule has 4 rings (SSSR count). The van der Waals surface area contributed by atoms with Crippen molar-refractivity contribution >= 4 is 16.9 Å². The van der Waals surface area contributed by atoms with Gasteiger partial charge in [0.05, 0.1) is 23.8 Å². The van der Waals surface area contributed by atoms with Crippen LogP contribution in [0, 0.1) is 11.6 Å². The minimum absolute atomic E-state index is 0.0472. The van der Waals surface area contributed by atoms with Gasteiger partial charge in [0, 0.05) is 30.2 Å². The Labute approximate surface area is 140 Å². The number of carboxylic acids is 1. The molecule has 0 spiro atoms. The predicted octanol–water partition coefficient (Wildman–Crippen LogP) is 2.56. The van der Waals surface area contributed by atoms with Crippen molar-refractivity contribution in [2.24, 2.45) is 0 Å². The lowest BCUT2D eigenvalue weighted by molar-refractivity contribution is 0.0695. The summed E-state index contributed by atoms with van der Waals surface area (Å²) in [5, 5.41) is 8.95. The molecule has 25 heavy (non-hydrogen) atoms. The number of aromatic nitrogens is 3. The van der Waals surface area contributed by atoms with Crippen LogP contribution in [0.2, 0.25) is 0 Å². The quantitative estimate of drug-likeness (QED) is 0.788. The van der Waals surface area contributed by atoms with Gasteiger partial charge in [0.25, 0.3) is 0 Å². The maximum absolute atomic E-state index is 15.1. The highest BCUT2D eigenvalue weighted by Gasteiger charge is 2.29. The van der Waals surface area contributed by atoms with Crippen molar-refractivity contribution in [3.63, 3.8) is 0 Å². The molecule has 2 heterocycles. The van der Waals surface area contributed by atoms with Crippen LogP contribution in [0.15, 0.2) is 35.8 Å². The van der Waals surface area contributed by atoms with Gasteiger partial charge < -0.3 is 14.2 Å². The number of nitrogens with zero attached hydrogens (tertiary/aromatic N) is 3. The fourth-order valence-corrected chi connectivity index (χ4v) is 2.98. The molecule has 0 saturated heterocycles. The van der Waals surface area contributed by atoms with Crippen LogP contribution in [0.3, 0.4) is 0 Å². The number of fused-ring (bicyclic) bond motifs is 1. The highest BCUT2D eigenvalue weighted by atomic mass is 19.1. The molecule has 6 nitrogen and oxygen atoms in total. The van der Waals surface area contributed by atoms with E-state index in [1.165, 1.54) is 21.7 Å². The molecule has 1 saturated carbocycles. The van der Waals surface area contributed by atoms with E-state index in [9.17, 15) is 19.1 Å². The number of carbonyl (C=O) groups is 1. The summed E-state index contributed by atoms with van der Waals surface area (Å²) in [6.45, 7) is -0.0762. The van der Waals surface area contributed by atoms with Gasteiger partial charge in [-0.3, -0.25) is 4.79 Å². The number of aromatic carboxylic acids is 1. The number of hydrogen-bond donors (Lipinski definition) is 1. The highest BCUT2D eigenvalue weighted by molar-refractivity contribution is 5.93. The Balaban J connectivity index is 2.02. The number of halogens is 2. The molecule has 2 aromatic heterocycles. The molecule has 1 aliphatic carbocycles. The zero-order valence-corrected chi connectivity index (χ0v) is 12.9. The van der Waals surface area contributed by atoms with E-state index in [0.717, 1.165) is 25.1 Å². The van der Waals surface area contributed by atoms with Gasteiger partial charge in [-0.15, -0.1) is 0 Å². The van der Waals surface area contributed by atoms with Crippen molar-refractivity contribution in [1.82, 2.24) is 14.1 Å². The first-order valence-electron chi connectivity index (χ1n) is 7.72. The van der Waals surface area contributed by atoms with Gasteiger partial charge in [-0.05, 0) is 18.9 Å². The second kappa shape index (κ2) is 5.51. The van der Waals surface area contributed by atoms with Crippen molar-refractivity contribution in [1.29, 1.82) is 0 Å². The summed E-state index contributed by atoms with van der Waals surface area (Å²) in [5.41, 5.74) is -1.61. The molecule has 0 radical (unpaired) electrons. The third-order valence-electron chi connectivity index (χ3n) is 4.37. The van der Waals surface area contributed by atoms with Crippen LogP contribution >= 0.6 is 0 Å². The molecule has 8 heteroatoms. The van der Waals surface area contributed by atoms with Crippen molar-refractivity contribution in [3.8, 4) is 0 Å². The second-order valence-corrected chi connectivity index (χ2v) is 6.10. The summed E-state index contributed by atoms with van der Waals surface area (Å²) in [7, 11) is 0. The average molecular weight is 345 g/mol. The number of carboxylic acid groups (broad SMARTS) is 1. The fourth-order valence-electron chi connectivity index (χ4n) is 2.98. The molecule has 128 valence electrons. The van der Waals surface area contributed by atoms with E-state index in [4.69, 9.17) is 0 Å². The van der Waals surface area contributed by atoms with Gasteiger partial charge in [-0.25, -0.2) is 18.6 Å². The Morgan fingerprint density at radius 3 is 2.72 bits per heavy atom. The van der Waals surface area contributed by atoms with Crippen LogP contribution in [-0.2, 0) is 6.54 Å². The molecule has 3 aromatic rings. The highest BCUT2D eigenvalue weighted by Crippen LogP contribution is 2.38. The van der Waals surface area contributed by atoms with E-state index >= 15 is 4.39 Å². The third kappa shape index (κ3) is 2.50. The minimum Gasteiger partial charge on any atom is -0.477 e. The molecule has 0 bridgehead atoms. The van der Waals surface area contributed by atoms with E-state index in [1.54, 1.807) is 6.20 Å². The lowest BCUT2D eigenvalue weighted by Gasteiger charge is -2.15. The normalized spacial score (nSPS) is 14.2. The first-order chi connectivity index (χ1) is 12.0. The summed E-state index contributed by atoms with van der Waals surface area (Å²) in [4.78, 5) is 27.5. The smallest absolute Gasteiger partial charge is 0.341 e. The molecule has 0 atom stereocenters. The monoisotopic (exact) mass is 345 g/mol. The van der Waals surface area contributed by atoms with Crippen LogP contribution in [0.5, 0.6) is 0 Å². The number of benzene rings is 1. The van der Waals surface area contributed by atoms with Crippen molar-refractivity contribution in [2.45, 2.75) is 25.4 Å². The van der Waals surface area contributed by atoms with Crippen molar-refractivity contribution in [2.75, 3.05) is 0 Å². The number of rotatable bonds is 4. The molecular weight excluding hydrogens is 332 g/mol. The summed E-state index contributed by atoms with van der Waals surface area (Å²) < 4.78 is 32.5. The van der Waals surface area contributed by atoms with Gasteiger partial charge in [-0.2, -0.15) is 0 Å². The molecule has 1 aliphatic rings. The van der Waals surface area contributed by atoms with Gasteiger partial charge in [0.15, 0.2) is 5.82 Å². The van der Waals surface area contributed by atoms with E-state index in [-0.39, 0.29) is 29.1 Å². The maximum Gasteiger partial charge on any atom is 0.341 e. The lowest BCUT2D eigenvalue weighted by Crippen LogP contribution is -2.20. The second-order valence-electron chi connectivity index (χ2n) is 6.10. The molecule has 1 aromatic carbocycles. The Bertz CT molecular complexity index is 1050. The number of hydrogen-bond acceptors (Lipinski definition) is 3. The van der Waals surface area contributed by atoms with Gasteiger partial charge >= 0.3 is 5.97 Å². The van der Waals surface area contributed by atoms with Gasteiger partial charge in [-0.1, -0.05) is 0 Å². The van der Waals surface area contributed by atoms with E-state index < -0.39 is 28.6 Å². The van der Waals surface area contributed by atoms with Gasteiger partial charge in [0.2, 0.25) is 5.43 Å². The predicted molar refractivity (Wildman–Crippen MR) is 84.7 cm³/mol. The van der Waals surface area contributed by atoms with Crippen LogP contribution in [-0.4, -0.2) is 25.2 Å². The zero-order chi connectivity index (χ0) is 17.7. The molecular formula is C17H13F2N3O3. The number of imidazole rings is 1. The Kier molecular flexibility index (Phi) is 3.41. The lowest BCUT2D eigenvalue weighted by atomic mass is 10.1. The summed E-state index contributed by atoms with van der Waals surface area (Å²) in [6.07, 6.45) is 7.17.